The highest BCUT2D eigenvalue weighted by molar-refractivity contribution is 7.00. The van der Waals surface area contributed by atoms with Gasteiger partial charge in [-0.25, -0.2) is 0 Å². The fraction of sp³-hybridized carbons (Fsp3) is 0.185. The van der Waals surface area contributed by atoms with Crippen molar-refractivity contribution in [3.8, 4) is 16.8 Å². The molecule has 0 spiro atoms. The molecule has 0 fully saturated rings. The fourth-order valence-electron chi connectivity index (χ4n) is 14.2. The van der Waals surface area contributed by atoms with Gasteiger partial charge in [-0.2, -0.15) is 0 Å². The van der Waals surface area contributed by atoms with Gasteiger partial charge in [0.25, 0.3) is 6.71 Å². The maximum absolute atomic E-state index is 6.49. The Morgan fingerprint density at radius 1 is 0.368 bits per heavy atom. The molecule has 2 aromatic heterocycles. The maximum atomic E-state index is 6.49. The number of fused-ring (bicyclic) bond motifs is 10. The van der Waals surface area contributed by atoms with Crippen molar-refractivity contribution in [3.63, 3.8) is 0 Å². The van der Waals surface area contributed by atoms with Crippen LogP contribution in [0.15, 0.2) is 229 Å². The first-order chi connectivity index (χ1) is 41.8. The summed E-state index contributed by atoms with van der Waals surface area (Å²) >= 11 is 0. The van der Waals surface area contributed by atoms with Gasteiger partial charge in [-0.15, -0.1) is 0 Å². The van der Waals surface area contributed by atoms with Crippen LogP contribution in [0.1, 0.15) is 95.7 Å². The predicted octanol–water partition coefficient (Wildman–Crippen LogP) is 20.7. The van der Waals surface area contributed by atoms with E-state index in [0.29, 0.717) is 0 Å². The molecule has 0 N–H and O–H groups in total. The van der Waals surface area contributed by atoms with E-state index in [0.717, 1.165) is 72.7 Å². The lowest BCUT2D eigenvalue weighted by molar-refractivity contribution is 0.590. The molecule has 0 unspecified atom stereocenters. The highest BCUT2D eigenvalue weighted by atomic mass is 16.3. The van der Waals surface area contributed by atoms with Crippen LogP contribution in [-0.4, -0.2) is 11.3 Å². The van der Waals surface area contributed by atoms with E-state index in [2.05, 4.69) is 321 Å². The number of furan rings is 1. The smallest absolute Gasteiger partial charge is 0.252 e. The lowest BCUT2D eigenvalue weighted by Gasteiger charge is -2.45. The molecule has 13 aromatic rings. The lowest BCUT2D eigenvalue weighted by Crippen LogP contribution is -2.61. The Kier molecular flexibility index (Phi) is 12.3. The SMILES string of the molecule is Cc1cc2c3c(c1)N(c1c(C)cc(-c4ccc5c(c4)oc4ccccc45)cc1C)c1cc(N(c4ccc(C(C)(C)C)cc4)c4ccc5c6ccccc6n(-c6ccccc6)c5c4)ccc1B3c1cc(C(C)(C)C)ccc1N2c1ccc(C(C)(C)C)cc1. The number of rotatable bonds is 7. The number of para-hydroxylation sites is 3. The number of aromatic nitrogens is 1. The van der Waals surface area contributed by atoms with E-state index in [9.17, 15) is 0 Å². The Morgan fingerprint density at radius 2 is 0.931 bits per heavy atom. The van der Waals surface area contributed by atoms with Gasteiger partial charge in [0.2, 0.25) is 0 Å². The van der Waals surface area contributed by atoms with Crippen molar-refractivity contribution in [1.82, 2.24) is 4.57 Å². The van der Waals surface area contributed by atoms with Crippen molar-refractivity contribution in [1.29, 1.82) is 0 Å². The first kappa shape index (κ1) is 54.2. The van der Waals surface area contributed by atoms with Gasteiger partial charge in [-0.3, -0.25) is 0 Å². The number of hydrogen-bond acceptors (Lipinski definition) is 4. The number of nitrogens with zero attached hydrogens (tertiary/aromatic N) is 4. The quantitative estimate of drug-likeness (QED) is 0.149. The molecule has 0 aliphatic carbocycles. The Bertz CT molecular complexity index is 4890. The lowest BCUT2D eigenvalue weighted by atomic mass is 9.33. The second-order valence-electron chi connectivity index (χ2n) is 27.7. The van der Waals surface area contributed by atoms with E-state index in [4.69, 9.17) is 4.42 Å². The highest BCUT2D eigenvalue weighted by Gasteiger charge is 2.45. The van der Waals surface area contributed by atoms with Crippen LogP contribution in [0.5, 0.6) is 0 Å². The molecule has 0 amide bonds. The van der Waals surface area contributed by atoms with Gasteiger partial charge in [0.15, 0.2) is 0 Å². The molecule has 15 rings (SSSR count). The van der Waals surface area contributed by atoms with Gasteiger partial charge in [0, 0.05) is 72.7 Å². The summed E-state index contributed by atoms with van der Waals surface area (Å²) in [5.74, 6) is 0. The van der Waals surface area contributed by atoms with Crippen molar-refractivity contribution in [2.45, 2.75) is 99.3 Å². The normalized spacial score (nSPS) is 13.2. The van der Waals surface area contributed by atoms with E-state index in [-0.39, 0.29) is 23.0 Å². The summed E-state index contributed by atoms with van der Waals surface area (Å²) in [5.41, 5.74) is 29.2. The minimum Gasteiger partial charge on any atom is -0.456 e. The monoisotopic (exact) mass is 1130 g/mol. The Morgan fingerprint density at radius 3 is 1.63 bits per heavy atom. The Labute approximate surface area is 512 Å². The third kappa shape index (κ3) is 8.89. The molecular formula is C81H73BN4O. The Hall–Kier alpha value is -9.52. The van der Waals surface area contributed by atoms with E-state index < -0.39 is 0 Å². The molecule has 2 aliphatic rings. The standard InChI is InChI=1S/C81H73BN4O/c1-50-42-73-77-74(43-50)86(78-51(2)44-54(45-52(78)3)53-26-38-66-65-23-17-19-25-75(65)87-76(66)46-53)72-49-62(37-40-67(72)82(77)68-47-57(81(10,11)12)31-41-70(68)85(73)60-34-29-56(30-35-60)80(7,8)9)83(59-32-27-55(28-33-59)79(4,5)6)61-36-39-64-63-22-16-18-24-69(63)84(71(64)48-61)58-20-14-13-15-21-58/h13-49H,1-12H3. The van der Waals surface area contributed by atoms with E-state index in [1.807, 2.05) is 6.07 Å². The maximum Gasteiger partial charge on any atom is 0.252 e. The van der Waals surface area contributed by atoms with Gasteiger partial charge in [0.1, 0.15) is 11.2 Å². The minimum absolute atomic E-state index is 0.0163. The Balaban J connectivity index is 0.993. The number of hydrogen-bond donors (Lipinski definition) is 0. The van der Waals surface area contributed by atoms with Crippen LogP contribution in [0.4, 0.5) is 51.2 Å². The van der Waals surface area contributed by atoms with E-state index in [1.54, 1.807) is 0 Å². The van der Waals surface area contributed by atoms with E-state index >= 15 is 0 Å². The minimum atomic E-state index is -0.0841. The third-order valence-electron chi connectivity index (χ3n) is 18.7. The molecule has 426 valence electrons. The molecule has 5 nitrogen and oxygen atoms in total. The van der Waals surface area contributed by atoms with E-state index in [1.165, 1.54) is 88.8 Å². The zero-order chi connectivity index (χ0) is 60.0. The second kappa shape index (κ2) is 19.8. The van der Waals surface area contributed by atoms with Crippen molar-refractivity contribution in [2.24, 2.45) is 0 Å². The van der Waals surface area contributed by atoms with Crippen LogP contribution in [0.2, 0.25) is 0 Å². The van der Waals surface area contributed by atoms with Crippen LogP contribution in [0, 0.1) is 20.8 Å². The number of anilines is 9. The van der Waals surface area contributed by atoms with Gasteiger partial charge < -0.3 is 23.7 Å². The summed E-state index contributed by atoms with van der Waals surface area (Å²) < 4.78 is 8.92. The summed E-state index contributed by atoms with van der Waals surface area (Å²) in [4.78, 5) is 7.68. The van der Waals surface area contributed by atoms with Crippen molar-refractivity contribution >= 4 is 118 Å². The average Bonchev–Trinajstić information content (AvgIpc) is 1.39. The highest BCUT2D eigenvalue weighted by Crippen LogP contribution is 2.50. The van der Waals surface area contributed by atoms with Crippen LogP contribution < -0.4 is 31.1 Å². The van der Waals surface area contributed by atoms with Crippen molar-refractivity contribution in [2.75, 3.05) is 14.7 Å². The zero-order valence-electron chi connectivity index (χ0n) is 52.1. The molecule has 0 radical (unpaired) electrons. The third-order valence-corrected chi connectivity index (χ3v) is 18.7. The molecule has 0 bridgehead atoms. The summed E-state index contributed by atoms with van der Waals surface area (Å²) in [5, 5.41) is 4.72. The van der Waals surface area contributed by atoms with Crippen molar-refractivity contribution in [3.05, 3.63) is 258 Å². The molecule has 0 saturated heterocycles. The molecule has 0 saturated carbocycles. The van der Waals surface area contributed by atoms with Crippen molar-refractivity contribution < 1.29 is 4.42 Å². The summed E-state index contributed by atoms with van der Waals surface area (Å²) in [6, 6.07) is 84.7. The predicted molar refractivity (Wildman–Crippen MR) is 373 cm³/mol. The summed E-state index contributed by atoms with van der Waals surface area (Å²) in [6.07, 6.45) is 0. The summed E-state index contributed by atoms with van der Waals surface area (Å²) in [7, 11) is 0. The van der Waals surface area contributed by atoms with Gasteiger partial charge in [-0.05, 0) is 213 Å². The topological polar surface area (TPSA) is 27.8 Å². The number of aryl methyl sites for hydroxylation is 3. The average molecular weight is 1130 g/mol. The zero-order valence-corrected chi connectivity index (χ0v) is 52.1. The molecule has 6 heteroatoms. The first-order valence-electron chi connectivity index (χ1n) is 30.9. The largest absolute Gasteiger partial charge is 0.456 e. The van der Waals surface area contributed by atoms with Gasteiger partial charge in [-0.1, -0.05) is 172 Å². The molecule has 87 heavy (non-hydrogen) atoms. The van der Waals surface area contributed by atoms with Gasteiger partial charge in [0.05, 0.1) is 16.7 Å². The molecular weight excluding hydrogens is 1060 g/mol. The molecule has 0 atom stereocenters. The van der Waals surface area contributed by atoms with Crippen LogP contribution in [0.25, 0.3) is 60.6 Å². The van der Waals surface area contributed by atoms with Crippen LogP contribution >= 0.6 is 0 Å². The summed E-state index contributed by atoms with van der Waals surface area (Å²) in [6.45, 7) is 27.6. The van der Waals surface area contributed by atoms with Crippen LogP contribution in [0.3, 0.4) is 0 Å². The molecule has 11 aromatic carbocycles. The first-order valence-corrected chi connectivity index (χ1v) is 30.9. The fourth-order valence-corrected chi connectivity index (χ4v) is 14.2. The second-order valence-corrected chi connectivity index (χ2v) is 27.7. The van der Waals surface area contributed by atoms with Gasteiger partial charge >= 0.3 is 0 Å². The van der Waals surface area contributed by atoms with Crippen LogP contribution in [-0.2, 0) is 16.2 Å². The molecule has 2 aliphatic heterocycles. The number of benzene rings is 11. The molecule has 4 heterocycles.